The van der Waals surface area contributed by atoms with Crippen molar-refractivity contribution in [1.29, 1.82) is 0 Å². The monoisotopic (exact) mass is 284 g/mol. The van der Waals surface area contributed by atoms with Crippen molar-refractivity contribution in [3.05, 3.63) is 0 Å². The lowest BCUT2D eigenvalue weighted by Gasteiger charge is -2.61. The summed E-state index contributed by atoms with van der Waals surface area (Å²) < 4.78 is 10.4. The van der Waals surface area contributed by atoms with Crippen LogP contribution in [0.15, 0.2) is 0 Å². The molecule has 6 heteroatoms. The van der Waals surface area contributed by atoms with Gasteiger partial charge in [0, 0.05) is 17.9 Å². The molecule has 0 radical (unpaired) electrons. The molecule has 0 spiro atoms. The zero-order chi connectivity index (χ0) is 15.3. The molecule has 0 aromatic carbocycles. The number of nitrogens with one attached hydrogen (secondary N) is 1. The fraction of sp³-hybridized carbons (Fsp3) is 0.857. The third-order valence-corrected chi connectivity index (χ3v) is 4.95. The van der Waals surface area contributed by atoms with Gasteiger partial charge in [-0.25, -0.2) is 4.79 Å². The number of esters is 1. The first-order valence-corrected chi connectivity index (χ1v) is 6.90. The normalized spacial score (nSPS) is 34.9. The fourth-order valence-electron chi connectivity index (χ4n) is 3.54. The molecule has 3 N–H and O–H groups in total. The van der Waals surface area contributed by atoms with Crippen LogP contribution in [0.2, 0.25) is 0 Å². The standard InChI is InChI=1S/C14H24N2O4/c1-12(2)9-8(6-7-20-9)14(12,15)10(17)16-13(3,4)11(18)19-5/h8-9H,6-7,15H2,1-5H3,(H,16,17). The predicted molar refractivity (Wildman–Crippen MR) is 72.8 cm³/mol. The van der Waals surface area contributed by atoms with E-state index in [1.165, 1.54) is 7.11 Å². The van der Waals surface area contributed by atoms with Crippen LogP contribution in [0.3, 0.4) is 0 Å². The Bertz CT molecular complexity index is 446. The Morgan fingerprint density at radius 2 is 2.00 bits per heavy atom. The molecule has 114 valence electrons. The van der Waals surface area contributed by atoms with E-state index in [9.17, 15) is 9.59 Å². The summed E-state index contributed by atoms with van der Waals surface area (Å²) in [5.41, 5.74) is 3.85. The van der Waals surface area contributed by atoms with Crippen molar-refractivity contribution < 1.29 is 19.1 Å². The molecule has 20 heavy (non-hydrogen) atoms. The highest BCUT2D eigenvalue weighted by atomic mass is 16.5. The number of amides is 1. The van der Waals surface area contributed by atoms with Crippen LogP contribution in [0.25, 0.3) is 0 Å². The molecule has 2 fully saturated rings. The van der Waals surface area contributed by atoms with Crippen LogP contribution in [0.4, 0.5) is 0 Å². The van der Waals surface area contributed by atoms with Gasteiger partial charge in [-0.2, -0.15) is 0 Å². The summed E-state index contributed by atoms with van der Waals surface area (Å²) in [6.45, 7) is 7.71. The molecule has 1 aliphatic heterocycles. The number of methoxy groups -OCH3 is 1. The van der Waals surface area contributed by atoms with Crippen molar-refractivity contribution in [2.45, 2.75) is 51.3 Å². The molecule has 1 saturated carbocycles. The van der Waals surface area contributed by atoms with Crippen LogP contribution >= 0.6 is 0 Å². The first kappa shape index (κ1) is 15.3. The van der Waals surface area contributed by atoms with Crippen LogP contribution in [0.1, 0.15) is 34.1 Å². The zero-order valence-corrected chi connectivity index (χ0v) is 12.8. The minimum atomic E-state index is -1.10. The maximum absolute atomic E-state index is 12.6. The highest BCUT2D eigenvalue weighted by Crippen LogP contribution is 2.58. The summed E-state index contributed by atoms with van der Waals surface area (Å²) in [5.74, 6) is -0.804. The molecule has 3 unspecified atom stereocenters. The van der Waals surface area contributed by atoms with Gasteiger partial charge in [-0.3, -0.25) is 4.79 Å². The first-order chi connectivity index (χ1) is 9.09. The summed E-state index contributed by atoms with van der Waals surface area (Å²) >= 11 is 0. The molecular formula is C14H24N2O4. The van der Waals surface area contributed by atoms with Gasteiger partial charge < -0.3 is 20.5 Å². The van der Waals surface area contributed by atoms with Gasteiger partial charge in [0.25, 0.3) is 0 Å². The second kappa shape index (κ2) is 4.43. The molecule has 1 heterocycles. The third kappa shape index (κ3) is 1.78. The average molecular weight is 284 g/mol. The number of hydrogen-bond acceptors (Lipinski definition) is 5. The number of carbonyl (C=O) groups excluding carboxylic acids is 2. The molecule has 0 aromatic rings. The number of carbonyl (C=O) groups is 2. The topological polar surface area (TPSA) is 90.7 Å². The number of hydrogen-bond donors (Lipinski definition) is 2. The first-order valence-electron chi connectivity index (χ1n) is 6.90. The van der Waals surface area contributed by atoms with Crippen molar-refractivity contribution in [1.82, 2.24) is 5.32 Å². The number of ether oxygens (including phenoxy) is 2. The largest absolute Gasteiger partial charge is 0.467 e. The van der Waals surface area contributed by atoms with Gasteiger partial charge in [-0.1, -0.05) is 13.8 Å². The van der Waals surface area contributed by atoms with E-state index >= 15 is 0 Å². The molecular weight excluding hydrogens is 260 g/mol. The van der Waals surface area contributed by atoms with E-state index in [1.54, 1.807) is 13.8 Å². The number of fused-ring (bicyclic) bond motifs is 1. The molecule has 2 rings (SSSR count). The van der Waals surface area contributed by atoms with Gasteiger partial charge >= 0.3 is 5.97 Å². The zero-order valence-electron chi connectivity index (χ0n) is 12.8. The van der Waals surface area contributed by atoms with E-state index in [2.05, 4.69) is 5.32 Å². The summed E-state index contributed by atoms with van der Waals surface area (Å²) in [6.07, 6.45) is 0.788. The fourth-order valence-corrected chi connectivity index (χ4v) is 3.54. The predicted octanol–water partition coefficient (Wildman–Crippen LogP) is 0.197. The van der Waals surface area contributed by atoms with Crippen LogP contribution in [-0.2, 0) is 19.1 Å². The SMILES string of the molecule is COC(=O)C(C)(C)NC(=O)C1(N)C2CCOC2C1(C)C. The highest BCUT2D eigenvalue weighted by Gasteiger charge is 2.71. The lowest BCUT2D eigenvalue weighted by atomic mass is 9.48. The highest BCUT2D eigenvalue weighted by molar-refractivity contribution is 5.94. The summed E-state index contributed by atoms with van der Waals surface area (Å²) in [5, 5.41) is 2.72. The van der Waals surface area contributed by atoms with Gasteiger partial charge in [-0.05, 0) is 20.3 Å². The van der Waals surface area contributed by atoms with E-state index in [0.717, 1.165) is 6.42 Å². The summed E-state index contributed by atoms with van der Waals surface area (Å²) in [6, 6.07) is 0. The molecule has 6 nitrogen and oxygen atoms in total. The van der Waals surface area contributed by atoms with E-state index in [-0.39, 0.29) is 17.9 Å². The molecule has 0 aromatic heterocycles. The Labute approximate surface area is 119 Å². The minimum absolute atomic E-state index is 0.00551. The van der Waals surface area contributed by atoms with Crippen molar-refractivity contribution >= 4 is 11.9 Å². The molecule has 2 aliphatic rings. The molecule has 1 amide bonds. The van der Waals surface area contributed by atoms with Crippen molar-refractivity contribution in [3.63, 3.8) is 0 Å². The van der Waals surface area contributed by atoms with Gasteiger partial charge in [0.1, 0.15) is 11.1 Å². The van der Waals surface area contributed by atoms with Crippen LogP contribution in [0.5, 0.6) is 0 Å². The second-order valence-electron chi connectivity index (χ2n) is 6.85. The molecule has 3 atom stereocenters. The Morgan fingerprint density at radius 1 is 1.40 bits per heavy atom. The van der Waals surface area contributed by atoms with Crippen LogP contribution < -0.4 is 11.1 Å². The summed E-state index contributed by atoms with van der Waals surface area (Å²) in [7, 11) is 1.29. The Balaban J connectivity index is 2.19. The number of rotatable bonds is 3. The average Bonchev–Trinajstić information content (AvgIpc) is 2.83. The second-order valence-corrected chi connectivity index (χ2v) is 6.85. The van der Waals surface area contributed by atoms with Crippen LogP contribution in [-0.4, -0.2) is 42.8 Å². The van der Waals surface area contributed by atoms with E-state index in [4.69, 9.17) is 15.2 Å². The van der Waals surface area contributed by atoms with Gasteiger partial charge in [-0.15, -0.1) is 0 Å². The lowest BCUT2D eigenvalue weighted by molar-refractivity contribution is -0.178. The Kier molecular flexibility index (Phi) is 3.38. The van der Waals surface area contributed by atoms with Crippen molar-refractivity contribution in [2.75, 3.05) is 13.7 Å². The maximum atomic E-state index is 12.6. The van der Waals surface area contributed by atoms with Gasteiger partial charge in [0.2, 0.25) is 5.91 Å². The van der Waals surface area contributed by atoms with Crippen molar-refractivity contribution in [3.8, 4) is 0 Å². The van der Waals surface area contributed by atoms with E-state index < -0.39 is 22.5 Å². The Hall–Kier alpha value is -1.14. The van der Waals surface area contributed by atoms with Crippen LogP contribution in [0, 0.1) is 11.3 Å². The maximum Gasteiger partial charge on any atom is 0.330 e. The molecule has 1 saturated heterocycles. The van der Waals surface area contributed by atoms with Crippen molar-refractivity contribution in [2.24, 2.45) is 17.1 Å². The molecule has 1 aliphatic carbocycles. The quantitative estimate of drug-likeness (QED) is 0.722. The Morgan fingerprint density at radius 3 is 2.55 bits per heavy atom. The lowest BCUT2D eigenvalue weighted by Crippen LogP contribution is -2.81. The van der Waals surface area contributed by atoms with E-state index in [1.807, 2.05) is 13.8 Å². The minimum Gasteiger partial charge on any atom is -0.467 e. The van der Waals surface area contributed by atoms with Gasteiger partial charge in [0.15, 0.2) is 0 Å². The smallest absolute Gasteiger partial charge is 0.330 e. The third-order valence-electron chi connectivity index (χ3n) is 4.95. The van der Waals surface area contributed by atoms with Gasteiger partial charge in [0.05, 0.1) is 13.2 Å². The number of nitrogens with two attached hydrogens (primary N) is 1. The van der Waals surface area contributed by atoms with E-state index in [0.29, 0.717) is 6.61 Å². The molecule has 0 bridgehead atoms. The summed E-state index contributed by atoms with van der Waals surface area (Å²) in [4.78, 5) is 24.3.